The summed E-state index contributed by atoms with van der Waals surface area (Å²) in [5.74, 6) is 0.0738. The molecule has 0 aliphatic carbocycles. The van der Waals surface area contributed by atoms with Crippen LogP contribution in [0.25, 0.3) is 10.1 Å². The molecule has 3 heterocycles. The van der Waals surface area contributed by atoms with E-state index in [2.05, 4.69) is 9.97 Å². The maximum Gasteiger partial charge on any atom is 0.258 e. The lowest BCUT2D eigenvalue weighted by Crippen LogP contribution is -2.22. The van der Waals surface area contributed by atoms with E-state index in [1.165, 1.54) is 23.7 Å². The van der Waals surface area contributed by atoms with Gasteiger partial charge in [0.15, 0.2) is 5.75 Å². The SMILES string of the molecule is O=c1[nH]cnc2c1C(c1ccc(O)cc1)c1sc3c(F)cccc3c1O2. The molecule has 26 heavy (non-hydrogen) atoms. The van der Waals surface area contributed by atoms with Crippen LogP contribution in [0.4, 0.5) is 4.39 Å². The second-order valence-electron chi connectivity index (χ2n) is 5.99. The van der Waals surface area contributed by atoms with Crippen LogP contribution < -0.4 is 10.3 Å². The number of thiophene rings is 1. The number of ether oxygens (including phenoxy) is 1. The number of nitrogens with one attached hydrogen (secondary N) is 1. The number of fused-ring (bicyclic) bond motifs is 4. The van der Waals surface area contributed by atoms with Gasteiger partial charge in [-0.15, -0.1) is 11.3 Å². The van der Waals surface area contributed by atoms with Crippen molar-refractivity contribution < 1.29 is 14.2 Å². The highest BCUT2D eigenvalue weighted by Gasteiger charge is 2.35. The molecule has 4 aromatic rings. The largest absolute Gasteiger partial charge is 0.508 e. The zero-order valence-corrected chi connectivity index (χ0v) is 14.0. The van der Waals surface area contributed by atoms with E-state index >= 15 is 0 Å². The van der Waals surface area contributed by atoms with Gasteiger partial charge in [0, 0.05) is 5.39 Å². The monoisotopic (exact) mass is 366 g/mol. The van der Waals surface area contributed by atoms with E-state index in [0.29, 0.717) is 21.4 Å². The van der Waals surface area contributed by atoms with Crippen molar-refractivity contribution in [3.8, 4) is 17.4 Å². The maximum absolute atomic E-state index is 14.3. The predicted molar refractivity (Wildman–Crippen MR) is 95.8 cm³/mol. The molecule has 5 nitrogen and oxygen atoms in total. The van der Waals surface area contributed by atoms with E-state index in [1.807, 2.05) is 0 Å². The molecule has 1 atom stereocenters. The Morgan fingerprint density at radius 1 is 1.19 bits per heavy atom. The highest BCUT2D eigenvalue weighted by Crippen LogP contribution is 2.52. The molecule has 2 N–H and O–H groups in total. The van der Waals surface area contributed by atoms with E-state index < -0.39 is 5.92 Å². The number of phenols is 1. The number of hydrogen-bond donors (Lipinski definition) is 2. The smallest absolute Gasteiger partial charge is 0.258 e. The van der Waals surface area contributed by atoms with E-state index in [4.69, 9.17) is 4.74 Å². The lowest BCUT2D eigenvalue weighted by Gasteiger charge is -2.24. The van der Waals surface area contributed by atoms with Crippen molar-refractivity contribution in [3.63, 3.8) is 0 Å². The van der Waals surface area contributed by atoms with Crippen LogP contribution in [0.3, 0.4) is 0 Å². The van der Waals surface area contributed by atoms with Gasteiger partial charge in [0.25, 0.3) is 5.56 Å². The third-order valence-electron chi connectivity index (χ3n) is 4.48. The minimum absolute atomic E-state index is 0.128. The summed E-state index contributed by atoms with van der Waals surface area (Å²) in [6.45, 7) is 0. The average Bonchev–Trinajstić information content (AvgIpc) is 3.01. The second-order valence-corrected chi connectivity index (χ2v) is 7.04. The van der Waals surface area contributed by atoms with Crippen LogP contribution in [0, 0.1) is 5.82 Å². The Morgan fingerprint density at radius 2 is 2.00 bits per heavy atom. The van der Waals surface area contributed by atoms with E-state index in [0.717, 1.165) is 10.4 Å². The second kappa shape index (κ2) is 5.40. The Bertz CT molecular complexity index is 1210. The van der Waals surface area contributed by atoms with Crippen LogP contribution >= 0.6 is 11.3 Å². The van der Waals surface area contributed by atoms with Gasteiger partial charge in [0.2, 0.25) is 5.88 Å². The molecule has 0 fully saturated rings. The molecule has 0 spiro atoms. The van der Waals surface area contributed by atoms with Gasteiger partial charge in [-0.25, -0.2) is 9.37 Å². The first-order chi connectivity index (χ1) is 12.6. The molecule has 0 saturated carbocycles. The highest BCUT2D eigenvalue weighted by atomic mass is 32.1. The minimum atomic E-state index is -0.455. The number of aromatic amines is 1. The summed E-state index contributed by atoms with van der Waals surface area (Å²) in [4.78, 5) is 20.0. The Labute approximate surface area is 150 Å². The molecule has 0 bridgehead atoms. The molecule has 2 aromatic heterocycles. The van der Waals surface area contributed by atoms with Crippen molar-refractivity contribution >= 4 is 21.4 Å². The summed E-state index contributed by atoms with van der Waals surface area (Å²) in [6, 6.07) is 11.4. The van der Waals surface area contributed by atoms with Crippen molar-refractivity contribution in [2.75, 3.05) is 0 Å². The number of rotatable bonds is 1. The fourth-order valence-corrected chi connectivity index (χ4v) is 4.59. The lowest BCUT2D eigenvalue weighted by atomic mass is 9.89. The Hall–Kier alpha value is -3.19. The number of hydrogen-bond acceptors (Lipinski definition) is 5. The standard InChI is InChI=1S/C19H11FN2O3S/c20-12-3-1-2-11-15-17(26-16(11)12)13(9-4-6-10(23)7-5-9)14-18(24)21-8-22-19(14)25-15/h1-8,13,23H,(H,21,22,24). The molecule has 128 valence electrons. The van der Waals surface area contributed by atoms with Crippen LogP contribution in [0.2, 0.25) is 0 Å². The molecular weight excluding hydrogens is 355 g/mol. The van der Waals surface area contributed by atoms with Gasteiger partial charge in [-0.2, -0.15) is 0 Å². The van der Waals surface area contributed by atoms with Crippen molar-refractivity contribution in [2.24, 2.45) is 0 Å². The summed E-state index contributed by atoms with van der Waals surface area (Å²) in [6.07, 6.45) is 1.29. The number of aromatic nitrogens is 2. The fourth-order valence-electron chi connectivity index (χ4n) is 3.32. The number of aromatic hydroxyl groups is 1. The molecule has 1 aliphatic rings. The summed E-state index contributed by atoms with van der Waals surface area (Å²) in [7, 11) is 0. The van der Waals surface area contributed by atoms with Gasteiger partial charge in [-0.1, -0.05) is 18.2 Å². The minimum Gasteiger partial charge on any atom is -0.508 e. The van der Waals surface area contributed by atoms with Crippen molar-refractivity contribution in [3.05, 3.63) is 81.0 Å². The van der Waals surface area contributed by atoms with Crippen LogP contribution in [0.15, 0.2) is 53.6 Å². The van der Waals surface area contributed by atoms with Crippen molar-refractivity contribution in [2.45, 2.75) is 5.92 Å². The van der Waals surface area contributed by atoms with Crippen LogP contribution in [0.5, 0.6) is 17.4 Å². The topological polar surface area (TPSA) is 75.2 Å². The molecule has 0 saturated heterocycles. The Balaban J connectivity index is 1.86. The molecule has 1 aliphatic heterocycles. The molecule has 1 unspecified atom stereocenters. The zero-order chi connectivity index (χ0) is 17.8. The fraction of sp³-hybridized carbons (Fsp3) is 0.0526. The molecule has 7 heteroatoms. The van der Waals surface area contributed by atoms with Crippen molar-refractivity contribution in [1.29, 1.82) is 0 Å². The number of nitrogens with zero attached hydrogens (tertiary/aromatic N) is 1. The van der Waals surface area contributed by atoms with E-state index in [-0.39, 0.29) is 23.0 Å². The first kappa shape index (κ1) is 15.1. The lowest BCUT2D eigenvalue weighted by molar-refractivity contribution is 0.438. The average molecular weight is 366 g/mol. The van der Waals surface area contributed by atoms with Crippen molar-refractivity contribution in [1.82, 2.24) is 9.97 Å². The highest BCUT2D eigenvalue weighted by molar-refractivity contribution is 7.19. The van der Waals surface area contributed by atoms with E-state index in [1.54, 1.807) is 36.4 Å². The third-order valence-corrected chi connectivity index (χ3v) is 5.74. The normalized spacial score (nSPS) is 15.3. The zero-order valence-electron chi connectivity index (χ0n) is 13.2. The van der Waals surface area contributed by atoms with Crippen LogP contribution in [-0.2, 0) is 0 Å². The summed E-state index contributed by atoms with van der Waals surface area (Å²) in [5, 5.41) is 10.3. The third kappa shape index (κ3) is 2.07. The van der Waals surface area contributed by atoms with Gasteiger partial charge in [-0.3, -0.25) is 4.79 Å². The van der Waals surface area contributed by atoms with Gasteiger partial charge in [0.05, 0.1) is 27.4 Å². The summed E-state index contributed by atoms with van der Waals surface area (Å²) >= 11 is 1.26. The van der Waals surface area contributed by atoms with Gasteiger partial charge in [-0.05, 0) is 29.8 Å². The Morgan fingerprint density at radius 3 is 2.81 bits per heavy atom. The van der Waals surface area contributed by atoms with Crippen LogP contribution in [-0.4, -0.2) is 15.1 Å². The van der Waals surface area contributed by atoms with E-state index in [9.17, 15) is 14.3 Å². The predicted octanol–water partition coefficient (Wildman–Crippen LogP) is 4.12. The molecular formula is C19H11FN2O3S. The van der Waals surface area contributed by atoms with Gasteiger partial charge < -0.3 is 14.8 Å². The first-order valence-electron chi connectivity index (χ1n) is 7.89. The quantitative estimate of drug-likeness (QED) is 0.468. The molecule has 0 radical (unpaired) electrons. The first-order valence-corrected chi connectivity index (χ1v) is 8.70. The van der Waals surface area contributed by atoms with Gasteiger partial charge >= 0.3 is 0 Å². The van der Waals surface area contributed by atoms with Crippen LogP contribution in [0.1, 0.15) is 21.9 Å². The number of benzene rings is 2. The molecule has 5 rings (SSSR count). The number of H-pyrrole nitrogens is 1. The summed E-state index contributed by atoms with van der Waals surface area (Å²) < 4.78 is 20.7. The summed E-state index contributed by atoms with van der Waals surface area (Å²) in [5.41, 5.74) is 0.855. The van der Waals surface area contributed by atoms with Gasteiger partial charge in [0.1, 0.15) is 11.6 Å². The maximum atomic E-state index is 14.3. The molecule has 0 amide bonds. The number of halogens is 1. The number of phenolic OH excluding ortho intramolecular Hbond substituents is 1. The Kier molecular flexibility index (Phi) is 3.14. The molecule has 2 aromatic carbocycles.